The molecule has 40 heavy (non-hydrogen) atoms. The van der Waals surface area contributed by atoms with Gasteiger partial charge in [0.1, 0.15) is 12.6 Å². The first kappa shape index (κ1) is 24.0. The Morgan fingerprint density at radius 2 is 1.82 bits per heavy atom. The number of H-pyrrole nitrogens is 1. The van der Waals surface area contributed by atoms with Crippen molar-refractivity contribution in [1.29, 1.82) is 0 Å². The summed E-state index contributed by atoms with van der Waals surface area (Å²) in [6, 6.07) is 19.4. The number of para-hydroxylation sites is 1. The first-order chi connectivity index (χ1) is 19.5. The number of nitrogens with one attached hydrogen (secondary N) is 2. The smallest absolute Gasteiger partial charge is 0.267 e. The summed E-state index contributed by atoms with van der Waals surface area (Å²) in [5.74, 6) is 0.284. The van der Waals surface area contributed by atoms with E-state index in [9.17, 15) is 14.4 Å². The topological polar surface area (TPSA) is 124 Å². The van der Waals surface area contributed by atoms with Crippen LogP contribution in [0.4, 0.5) is 5.69 Å². The van der Waals surface area contributed by atoms with Gasteiger partial charge in [0.2, 0.25) is 12.7 Å². The lowest BCUT2D eigenvalue weighted by Crippen LogP contribution is -2.63. The average Bonchev–Trinajstić information content (AvgIpc) is 3.61. The van der Waals surface area contributed by atoms with Crippen molar-refractivity contribution in [1.82, 2.24) is 15.4 Å². The van der Waals surface area contributed by atoms with Crippen molar-refractivity contribution < 1.29 is 29.1 Å². The number of benzene rings is 3. The number of hydroxylamine groups is 1. The molecule has 3 aromatic carbocycles. The lowest BCUT2D eigenvalue weighted by molar-refractivity contribution is -0.145. The van der Waals surface area contributed by atoms with Gasteiger partial charge in [0, 0.05) is 34.8 Å². The van der Waals surface area contributed by atoms with Gasteiger partial charge in [0.15, 0.2) is 11.5 Å². The first-order valence-electron chi connectivity index (χ1n) is 12.9. The van der Waals surface area contributed by atoms with Crippen LogP contribution in [-0.4, -0.2) is 52.2 Å². The lowest BCUT2D eigenvalue weighted by Gasteiger charge is -2.47. The summed E-state index contributed by atoms with van der Waals surface area (Å²) < 4.78 is 11.1. The Hall–Kier alpha value is -5.09. The number of ether oxygens (including phenoxy) is 2. The van der Waals surface area contributed by atoms with Crippen molar-refractivity contribution in [2.24, 2.45) is 0 Å². The second kappa shape index (κ2) is 9.28. The fourth-order valence-corrected chi connectivity index (χ4v) is 5.89. The fraction of sp³-hybridized carbons (Fsp3) is 0.167. The lowest BCUT2D eigenvalue weighted by atomic mass is 9.86. The van der Waals surface area contributed by atoms with E-state index in [1.165, 1.54) is 17.1 Å². The molecule has 2 atom stereocenters. The average molecular weight is 537 g/mol. The molecule has 1 unspecified atom stereocenters. The van der Waals surface area contributed by atoms with E-state index in [1.807, 2.05) is 42.5 Å². The number of carbonyl (C=O) groups is 3. The minimum atomic E-state index is -0.698. The summed E-state index contributed by atoms with van der Waals surface area (Å²) in [4.78, 5) is 46.0. The van der Waals surface area contributed by atoms with Crippen molar-refractivity contribution >= 4 is 40.4 Å². The molecule has 3 aliphatic heterocycles. The highest BCUT2D eigenvalue weighted by molar-refractivity contribution is 6.08. The molecule has 3 aliphatic rings. The van der Waals surface area contributed by atoms with E-state index in [1.54, 1.807) is 34.6 Å². The molecule has 1 aromatic heterocycles. The van der Waals surface area contributed by atoms with Gasteiger partial charge in [0.05, 0.1) is 6.04 Å². The molecule has 1 fully saturated rings. The Morgan fingerprint density at radius 3 is 2.65 bits per heavy atom. The van der Waals surface area contributed by atoms with Gasteiger partial charge < -0.3 is 24.3 Å². The number of hydrogen-bond donors (Lipinski definition) is 3. The van der Waals surface area contributed by atoms with Gasteiger partial charge >= 0.3 is 0 Å². The van der Waals surface area contributed by atoms with Crippen LogP contribution in [0, 0.1) is 0 Å². The van der Waals surface area contributed by atoms with Crippen molar-refractivity contribution in [2.75, 3.05) is 18.2 Å². The highest BCUT2D eigenvalue weighted by atomic mass is 16.7. The molecule has 4 heterocycles. The third kappa shape index (κ3) is 3.80. The van der Waals surface area contributed by atoms with Crippen molar-refractivity contribution in [3.63, 3.8) is 0 Å². The van der Waals surface area contributed by atoms with Crippen LogP contribution in [0.2, 0.25) is 0 Å². The number of hydrogen-bond acceptors (Lipinski definition) is 6. The van der Waals surface area contributed by atoms with Crippen molar-refractivity contribution in [2.45, 2.75) is 18.5 Å². The molecule has 10 heteroatoms. The summed E-state index contributed by atoms with van der Waals surface area (Å²) in [6.45, 7) is 0.0388. The summed E-state index contributed by atoms with van der Waals surface area (Å²) in [5, 5.41) is 9.70. The number of rotatable bonds is 4. The van der Waals surface area contributed by atoms with E-state index < -0.39 is 18.0 Å². The van der Waals surface area contributed by atoms with E-state index in [-0.39, 0.29) is 25.2 Å². The molecule has 4 aromatic rings. The van der Waals surface area contributed by atoms with Crippen LogP contribution in [0.25, 0.3) is 17.0 Å². The van der Waals surface area contributed by atoms with Crippen LogP contribution < -0.4 is 19.9 Å². The molecule has 0 saturated carbocycles. The van der Waals surface area contributed by atoms with Crippen LogP contribution in [0.3, 0.4) is 0 Å². The van der Waals surface area contributed by atoms with Gasteiger partial charge in [-0.05, 0) is 53.1 Å². The minimum absolute atomic E-state index is 0.103. The zero-order chi connectivity index (χ0) is 27.4. The second-order valence-electron chi connectivity index (χ2n) is 9.92. The maximum atomic E-state index is 14.1. The molecule has 3 N–H and O–H groups in total. The Kier molecular flexibility index (Phi) is 5.56. The predicted octanol–water partition coefficient (Wildman–Crippen LogP) is 3.30. The Balaban J connectivity index is 1.28. The maximum Gasteiger partial charge on any atom is 0.267 e. The zero-order valence-corrected chi connectivity index (χ0v) is 21.2. The largest absolute Gasteiger partial charge is 0.454 e. The van der Waals surface area contributed by atoms with E-state index in [4.69, 9.17) is 14.7 Å². The van der Waals surface area contributed by atoms with E-state index in [2.05, 4.69) is 4.98 Å². The molecular weight excluding hydrogens is 512 g/mol. The summed E-state index contributed by atoms with van der Waals surface area (Å²) in [6.07, 6.45) is 3.12. The number of nitrogens with zero attached hydrogens (tertiary/aromatic N) is 2. The summed E-state index contributed by atoms with van der Waals surface area (Å²) in [5.41, 5.74) is 6.54. The molecule has 0 aliphatic carbocycles. The van der Waals surface area contributed by atoms with Crippen LogP contribution in [-0.2, 0) is 20.8 Å². The van der Waals surface area contributed by atoms with Crippen LogP contribution in [0.1, 0.15) is 28.4 Å². The number of aromatic amines is 1. The molecule has 0 bridgehead atoms. The Morgan fingerprint density at radius 1 is 1.02 bits per heavy atom. The first-order valence-corrected chi connectivity index (χ1v) is 12.9. The van der Waals surface area contributed by atoms with Gasteiger partial charge in [-0.2, -0.15) is 0 Å². The number of anilines is 1. The van der Waals surface area contributed by atoms with Gasteiger partial charge in [-0.25, -0.2) is 5.48 Å². The van der Waals surface area contributed by atoms with Crippen LogP contribution in [0.5, 0.6) is 11.5 Å². The maximum absolute atomic E-state index is 14.1. The molecule has 3 amide bonds. The number of carbonyl (C=O) groups excluding carboxylic acids is 3. The third-order valence-electron chi connectivity index (χ3n) is 7.72. The molecule has 7 rings (SSSR count). The summed E-state index contributed by atoms with van der Waals surface area (Å²) in [7, 11) is 0. The fourth-order valence-electron chi connectivity index (χ4n) is 5.89. The number of amides is 3. The normalized spacial score (nSPS) is 19.7. The molecule has 1 saturated heterocycles. The number of piperazine rings is 1. The minimum Gasteiger partial charge on any atom is -0.454 e. The van der Waals surface area contributed by atoms with Crippen LogP contribution >= 0.6 is 0 Å². The predicted molar refractivity (Wildman–Crippen MR) is 145 cm³/mol. The van der Waals surface area contributed by atoms with Crippen molar-refractivity contribution in [3.05, 3.63) is 95.2 Å². The van der Waals surface area contributed by atoms with Gasteiger partial charge in [-0.3, -0.25) is 19.6 Å². The standard InChI is InChI=1S/C30H24N4O6/c35-26(32-38)12-7-17-5-9-19(10-6-17)33-15-27(36)34-23(30(33)37)14-21-20-3-1-2-4-22(20)31-28(21)29(34)18-8-11-24-25(13-18)40-16-39-24/h1-13,23,29,31,38H,14-16H2,(H,32,35)/b12-7+/t23-,29?/m1/s1. The van der Waals surface area contributed by atoms with Gasteiger partial charge in [-0.1, -0.05) is 36.4 Å². The highest BCUT2D eigenvalue weighted by Gasteiger charge is 2.48. The third-order valence-corrected chi connectivity index (χ3v) is 7.72. The SMILES string of the molecule is O=C(/C=C/c1ccc(N2CC(=O)N3C(c4ccc5c(c4)OCO5)c4[nH]c5ccccc5c4C[C@@H]3C2=O)cc1)NO. The van der Waals surface area contributed by atoms with Gasteiger partial charge in [-0.15, -0.1) is 0 Å². The van der Waals surface area contributed by atoms with E-state index >= 15 is 0 Å². The molecule has 200 valence electrons. The molecular formula is C30H24N4O6. The quantitative estimate of drug-likeness (QED) is 0.209. The Bertz CT molecular complexity index is 1710. The number of aromatic nitrogens is 1. The monoisotopic (exact) mass is 536 g/mol. The number of fused-ring (bicyclic) bond motifs is 5. The zero-order valence-electron chi connectivity index (χ0n) is 21.2. The molecule has 0 radical (unpaired) electrons. The van der Waals surface area contributed by atoms with Gasteiger partial charge in [0.25, 0.3) is 11.8 Å². The van der Waals surface area contributed by atoms with Crippen molar-refractivity contribution in [3.8, 4) is 11.5 Å². The highest BCUT2D eigenvalue weighted by Crippen LogP contribution is 2.45. The summed E-state index contributed by atoms with van der Waals surface area (Å²) >= 11 is 0. The van der Waals surface area contributed by atoms with E-state index in [0.29, 0.717) is 29.2 Å². The Labute approximate surface area is 228 Å². The second-order valence-corrected chi connectivity index (χ2v) is 9.92. The molecule has 10 nitrogen and oxygen atoms in total. The van der Waals surface area contributed by atoms with E-state index in [0.717, 1.165) is 27.7 Å². The molecule has 0 spiro atoms. The van der Waals surface area contributed by atoms with Crippen LogP contribution in [0.15, 0.2) is 72.8 Å².